The Morgan fingerprint density at radius 2 is 1.84 bits per heavy atom. The highest BCUT2D eigenvalue weighted by molar-refractivity contribution is 7.92. The lowest BCUT2D eigenvalue weighted by atomic mass is 10.2. The maximum absolute atomic E-state index is 12.5. The Labute approximate surface area is 153 Å². The maximum Gasteiger partial charge on any atom is 0.236 e. The highest BCUT2D eigenvalue weighted by atomic mass is 35.5. The van der Waals surface area contributed by atoms with Crippen molar-refractivity contribution in [1.29, 1.82) is 0 Å². The lowest BCUT2D eigenvalue weighted by Gasteiger charge is -2.33. The summed E-state index contributed by atoms with van der Waals surface area (Å²) in [7, 11) is -1.52. The number of hydrogen-bond acceptors (Lipinski definition) is 4. The summed E-state index contributed by atoms with van der Waals surface area (Å²) in [5, 5.41) is 1.89. The van der Waals surface area contributed by atoms with Crippen molar-refractivity contribution >= 4 is 27.7 Å². The van der Waals surface area contributed by atoms with E-state index in [2.05, 4.69) is 9.88 Å². The smallest absolute Gasteiger partial charge is 0.236 e. The summed E-state index contributed by atoms with van der Waals surface area (Å²) in [6.45, 7) is 2.95. The second-order valence-corrected chi connectivity index (χ2v) is 8.20. The first-order chi connectivity index (χ1) is 12.0. The van der Waals surface area contributed by atoms with Gasteiger partial charge in [0.2, 0.25) is 10.0 Å². The van der Waals surface area contributed by atoms with Gasteiger partial charge in [-0.05, 0) is 11.6 Å². The fourth-order valence-corrected chi connectivity index (χ4v) is 4.05. The van der Waals surface area contributed by atoms with E-state index in [1.807, 2.05) is 41.9 Å². The average molecular weight is 381 g/mol. The Kier molecular flexibility index (Phi) is 5.58. The molecule has 0 N–H and O–H groups in total. The summed E-state index contributed by atoms with van der Waals surface area (Å²) in [6.07, 6.45) is 3.27. The molecule has 0 atom stereocenters. The molecule has 0 bridgehead atoms. The van der Waals surface area contributed by atoms with E-state index >= 15 is 0 Å². The number of nitrogens with zero attached hydrogens (tertiary/aromatic N) is 4. The van der Waals surface area contributed by atoms with Crippen molar-refractivity contribution in [2.75, 3.05) is 26.2 Å². The van der Waals surface area contributed by atoms with Crippen molar-refractivity contribution in [2.24, 2.45) is 7.05 Å². The van der Waals surface area contributed by atoms with Gasteiger partial charge in [-0.25, -0.2) is 13.4 Å². The third-order valence-electron chi connectivity index (χ3n) is 4.32. The topological polar surface area (TPSA) is 58.4 Å². The van der Waals surface area contributed by atoms with Crippen molar-refractivity contribution in [3.63, 3.8) is 0 Å². The summed E-state index contributed by atoms with van der Waals surface area (Å²) in [4.78, 5) is 6.47. The Hall–Kier alpha value is -1.67. The van der Waals surface area contributed by atoms with Crippen molar-refractivity contribution < 1.29 is 8.42 Å². The molecule has 1 saturated heterocycles. The van der Waals surface area contributed by atoms with Crippen molar-refractivity contribution in [3.05, 3.63) is 58.5 Å². The molecule has 2 aromatic rings. The van der Waals surface area contributed by atoms with Gasteiger partial charge in [0.1, 0.15) is 11.0 Å². The van der Waals surface area contributed by atoms with Crippen LogP contribution in [0.15, 0.2) is 41.9 Å². The van der Waals surface area contributed by atoms with Crippen LogP contribution < -0.4 is 0 Å². The first-order valence-corrected chi connectivity index (χ1v) is 9.95. The molecule has 0 radical (unpaired) electrons. The Balaban J connectivity index is 1.58. The van der Waals surface area contributed by atoms with E-state index in [9.17, 15) is 8.42 Å². The molecule has 25 heavy (non-hydrogen) atoms. The quantitative estimate of drug-likeness (QED) is 0.797. The molecule has 1 aliphatic rings. The van der Waals surface area contributed by atoms with Crippen LogP contribution in [-0.4, -0.2) is 53.4 Å². The number of piperazine rings is 1. The van der Waals surface area contributed by atoms with Crippen LogP contribution in [0.25, 0.3) is 6.08 Å². The van der Waals surface area contributed by atoms with E-state index in [1.54, 1.807) is 12.3 Å². The first-order valence-electron chi connectivity index (χ1n) is 8.07. The highest BCUT2D eigenvalue weighted by Gasteiger charge is 2.25. The first kappa shape index (κ1) is 18.1. The predicted octanol–water partition coefficient (Wildman–Crippen LogP) is 2.19. The van der Waals surface area contributed by atoms with Crippen molar-refractivity contribution in [2.45, 2.75) is 6.54 Å². The molecule has 0 saturated carbocycles. The van der Waals surface area contributed by atoms with E-state index in [0.717, 1.165) is 11.4 Å². The van der Waals surface area contributed by atoms with Crippen LogP contribution in [0.5, 0.6) is 0 Å². The van der Waals surface area contributed by atoms with Crippen LogP contribution in [0, 0.1) is 0 Å². The molecule has 1 aromatic heterocycles. The van der Waals surface area contributed by atoms with Crippen LogP contribution >= 0.6 is 11.6 Å². The van der Waals surface area contributed by atoms with Crippen LogP contribution in [-0.2, 0) is 23.6 Å². The third-order valence-corrected chi connectivity index (χ3v) is 6.23. The fourth-order valence-electron chi connectivity index (χ4n) is 2.73. The summed E-state index contributed by atoms with van der Waals surface area (Å²) in [6, 6.07) is 9.42. The van der Waals surface area contributed by atoms with Crippen LogP contribution in [0.2, 0.25) is 5.15 Å². The van der Waals surface area contributed by atoms with E-state index in [-0.39, 0.29) is 0 Å². The van der Waals surface area contributed by atoms with Gasteiger partial charge in [0.15, 0.2) is 0 Å². The van der Waals surface area contributed by atoms with Gasteiger partial charge >= 0.3 is 0 Å². The Morgan fingerprint density at radius 1 is 1.16 bits per heavy atom. The predicted molar refractivity (Wildman–Crippen MR) is 99.5 cm³/mol. The summed E-state index contributed by atoms with van der Waals surface area (Å²) >= 11 is 6.00. The molecule has 1 aromatic carbocycles. The van der Waals surface area contributed by atoms with Gasteiger partial charge in [-0.3, -0.25) is 4.90 Å². The lowest BCUT2D eigenvalue weighted by Crippen LogP contribution is -2.47. The van der Waals surface area contributed by atoms with Crippen LogP contribution in [0.4, 0.5) is 0 Å². The molecule has 3 rings (SSSR count). The number of sulfonamides is 1. The summed E-state index contributed by atoms with van der Waals surface area (Å²) in [5.74, 6) is 0.880. The normalized spacial score (nSPS) is 17.4. The highest BCUT2D eigenvalue weighted by Crippen LogP contribution is 2.15. The number of halogens is 1. The number of aromatic nitrogens is 2. The Morgan fingerprint density at radius 3 is 2.44 bits per heavy atom. The molecular weight excluding hydrogens is 360 g/mol. The van der Waals surface area contributed by atoms with Gasteiger partial charge in [0, 0.05) is 38.6 Å². The molecule has 1 aliphatic heterocycles. The molecule has 0 amide bonds. The van der Waals surface area contributed by atoms with Gasteiger partial charge in [-0.15, -0.1) is 0 Å². The fraction of sp³-hybridized carbons (Fsp3) is 0.353. The molecular formula is C17H21ClN4O2S. The van der Waals surface area contributed by atoms with Gasteiger partial charge in [-0.2, -0.15) is 4.31 Å². The molecule has 0 spiro atoms. The minimum absolute atomic E-state index is 0.472. The van der Waals surface area contributed by atoms with Crippen molar-refractivity contribution in [1.82, 2.24) is 18.8 Å². The number of hydrogen-bond donors (Lipinski definition) is 0. The third kappa shape index (κ3) is 4.49. The second kappa shape index (κ2) is 7.70. The molecule has 8 heteroatoms. The SMILES string of the molecule is Cn1c(Cl)cnc1CN1CCN(S(=O)(=O)/C=C/c2ccccc2)CC1. The zero-order chi connectivity index (χ0) is 17.9. The average Bonchev–Trinajstić information content (AvgIpc) is 2.94. The Bertz CT molecular complexity index is 841. The molecule has 0 unspecified atom stereocenters. The van der Waals surface area contributed by atoms with Crippen LogP contribution in [0.1, 0.15) is 11.4 Å². The number of rotatable bonds is 5. The standard InChI is InChI=1S/C17H21ClN4O2S/c1-20-16(18)13-19-17(20)14-21-8-10-22(11-9-21)25(23,24)12-7-15-5-3-2-4-6-15/h2-7,12-13H,8-11,14H2,1H3/b12-7+. The zero-order valence-corrected chi connectivity index (χ0v) is 15.6. The van der Waals surface area contributed by atoms with Gasteiger partial charge in [0.05, 0.1) is 12.7 Å². The maximum atomic E-state index is 12.5. The largest absolute Gasteiger partial charge is 0.321 e. The van der Waals surface area contributed by atoms with E-state index in [1.165, 1.54) is 9.71 Å². The van der Waals surface area contributed by atoms with Crippen molar-refractivity contribution in [3.8, 4) is 0 Å². The van der Waals surface area contributed by atoms with Crippen LogP contribution in [0.3, 0.4) is 0 Å². The summed E-state index contributed by atoms with van der Waals surface area (Å²) < 4.78 is 28.3. The van der Waals surface area contributed by atoms with E-state index < -0.39 is 10.0 Å². The van der Waals surface area contributed by atoms with E-state index in [4.69, 9.17) is 11.6 Å². The number of benzene rings is 1. The number of imidazole rings is 1. The minimum atomic E-state index is -3.40. The van der Waals surface area contributed by atoms with Gasteiger partial charge < -0.3 is 4.57 Å². The summed E-state index contributed by atoms with van der Waals surface area (Å²) in [5.41, 5.74) is 0.872. The molecule has 0 aliphatic carbocycles. The monoisotopic (exact) mass is 380 g/mol. The second-order valence-electron chi connectivity index (χ2n) is 5.99. The van der Waals surface area contributed by atoms with Gasteiger partial charge in [-0.1, -0.05) is 41.9 Å². The zero-order valence-electron chi connectivity index (χ0n) is 14.0. The molecule has 134 valence electrons. The minimum Gasteiger partial charge on any atom is -0.321 e. The molecule has 2 heterocycles. The molecule has 1 fully saturated rings. The van der Waals surface area contributed by atoms with Gasteiger partial charge in [0.25, 0.3) is 0 Å². The molecule has 6 nitrogen and oxygen atoms in total. The van der Waals surface area contributed by atoms with E-state index in [0.29, 0.717) is 37.9 Å². The lowest BCUT2D eigenvalue weighted by molar-refractivity contribution is 0.178.